The monoisotopic (exact) mass is 303 g/mol. The minimum atomic E-state index is 0.0833. The van der Waals surface area contributed by atoms with Crippen LogP contribution in [-0.4, -0.2) is 9.55 Å². The van der Waals surface area contributed by atoms with Crippen LogP contribution in [0.15, 0.2) is 18.5 Å². The smallest absolute Gasteiger partial charge is 0.110 e. The molecular weight excluding hydrogens is 278 g/mol. The number of hydrogen-bond acceptors (Lipinski definition) is 3. The van der Waals surface area contributed by atoms with Gasteiger partial charge in [-0.05, 0) is 43.7 Å². The summed E-state index contributed by atoms with van der Waals surface area (Å²) in [5.41, 5.74) is 8.01. The standard InChI is InChI=1S/C17H25N3S/c1-2-9-20-10-8-19-17(20)12-14(18)16-11-13-6-4-3-5-7-15(13)21-16/h8,10-11,14H,2-7,9,12,18H2,1H3. The molecule has 3 rings (SSSR count). The van der Waals surface area contributed by atoms with Crippen LogP contribution in [-0.2, 0) is 25.8 Å². The minimum Gasteiger partial charge on any atom is -0.335 e. The van der Waals surface area contributed by atoms with Gasteiger partial charge in [0.15, 0.2) is 0 Å². The lowest BCUT2D eigenvalue weighted by molar-refractivity contribution is 0.602. The Hall–Kier alpha value is -1.13. The first-order chi connectivity index (χ1) is 10.3. The van der Waals surface area contributed by atoms with Crippen LogP contribution >= 0.6 is 11.3 Å². The van der Waals surface area contributed by atoms with Crippen molar-refractivity contribution >= 4 is 11.3 Å². The molecule has 0 saturated carbocycles. The summed E-state index contributed by atoms with van der Waals surface area (Å²) in [6, 6.07) is 2.45. The van der Waals surface area contributed by atoms with Crippen molar-refractivity contribution in [1.29, 1.82) is 0 Å². The summed E-state index contributed by atoms with van der Waals surface area (Å²) >= 11 is 1.94. The van der Waals surface area contributed by atoms with Crippen LogP contribution in [0.1, 0.15) is 59.8 Å². The molecule has 2 N–H and O–H groups in total. The van der Waals surface area contributed by atoms with E-state index in [2.05, 4.69) is 28.7 Å². The maximum absolute atomic E-state index is 6.46. The fraction of sp³-hybridized carbons (Fsp3) is 0.588. The molecule has 4 heteroatoms. The molecule has 0 radical (unpaired) electrons. The summed E-state index contributed by atoms with van der Waals surface area (Å²) in [5, 5.41) is 0. The van der Waals surface area contributed by atoms with Crippen molar-refractivity contribution in [3.05, 3.63) is 39.6 Å². The number of nitrogens with two attached hydrogens (primary N) is 1. The minimum absolute atomic E-state index is 0.0833. The van der Waals surface area contributed by atoms with Gasteiger partial charge in [0.1, 0.15) is 5.82 Å². The van der Waals surface area contributed by atoms with Crippen molar-refractivity contribution in [2.75, 3.05) is 0 Å². The van der Waals surface area contributed by atoms with Gasteiger partial charge in [-0.2, -0.15) is 0 Å². The molecule has 3 nitrogen and oxygen atoms in total. The molecule has 2 aromatic rings. The Labute approximate surface area is 131 Å². The molecule has 21 heavy (non-hydrogen) atoms. The van der Waals surface area contributed by atoms with E-state index in [-0.39, 0.29) is 6.04 Å². The number of aryl methyl sites for hydroxylation is 3. The molecular formula is C17H25N3S. The van der Waals surface area contributed by atoms with Crippen molar-refractivity contribution in [3.63, 3.8) is 0 Å². The first-order valence-electron chi connectivity index (χ1n) is 8.15. The number of imidazole rings is 1. The molecule has 0 fully saturated rings. The fourth-order valence-electron chi connectivity index (χ4n) is 3.14. The van der Waals surface area contributed by atoms with Crippen molar-refractivity contribution < 1.29 is 0 Å². The van der Waals surface area contributed by atoms with Crippen molar-refractivity contribution in [2.24, 2.45) is 5.73 Å². The second-order valence-electron chi connectivity index (χ2n) is 6.01. The molecule has 0 aliphatic heterocycles. The molecule has 1 aliphatic carbocycles. The van der Waals surface area contributed by atoms with E-state index >= 15 is 0 Å². The molecule has 1 atom stereocenters. The van der Waals surface area contributed by atoms with Crippen molar-refractivity contribution in [2.45, 2.75) is 64.5 Å². The highest BCUT2D eigenvalue weighted by Gasteiger charge is 2.17. The van der Waals surface area contributed by atoms with Gasteiger partial charge in [0.05, 0.1) is 0 Å². The topological polar surface area (TPSA) is 43.8 Å². The van der Waals surface area contributed by atoms with E-state index in [4.69, 9.17) is 5.73 Å². The van der Waals surface area contributed by atoms with Crippen LogP contribution in [0.4, 0.5) is 0 Å². The Balaban J connectivity index is 1.73. The Bertz CT molecular complexity index is 561. The van der Waals surface area contributed by atoms with E-state index in [1.54, 1.807) is 10.4 Å². The predicted octanol–water partition coefficient (Wildman–Crippen LogP) is 3.87. The van der Waals surface area contributed by atoms with Crippen LogP contribution < -0.4 is 5.73 Å². The molecule has 0 spiro atoms. The maximum atomic E-state index is 6.46. The lowest BCUT2D eigenvalue weighted by atomic mass is 10.1. The van der Waals surface area contributed by atoms with Gasteiger partial charge in [-0.25, -0.2) is 4.98 Å². The van der Waals surface area contributed by atoms with Crippen molar-refractivity contribution in [1.82, 2.24) is 9.55 Å². The van der Waals surface area contributed by atoms with Crippen LogP contribution in [0.5, 0.6) is 0 Å². The summed E-state index contributed by atoms with van der Waals surface area (Å²) in [4.78, 5) is 7.40. The summed E-state index contributed by atoms with van der Waals surface area (Å²) in [6.45, 7) is 3.23. The molecule has 0 bridgehead atoms. The second-order valence-corrected chi connectivity index (χ2v) is 7.17. The quantitative estimate of drug-likeness (QED) is 0.852. The number of hydrogen-bond donors (Lipinski definition) is 1. The molecule has 0 amide bonds. The normalized spacial score (nSPS) is 16.5. The SMILES string of the molecule is CCCn1ccnc1CC(N)c1cc2c(s1)CCCCC2. The fourth-order valence-corrected chi connectivity index (χ4v) is 4.40. The van der Waals surface area contributed by atoms with Gasteiger partial charge in [-0.3, -0.25) is 0 Å². The van der Waals surface area contributed by atoms with Gasteiger partial charge in [0, 0.05) is 41.2 Å². The molecule has 1 aliphatic rings. The summed E-state index contributed by atoms with van der Waals surface area (Å²) in [5.74, 6) is 1.12. The Kier molecular flexibility index (Phi) is 4.76. The van der Waals surface area contributed by atoms with Crippen molar-refractivity contribution in [3.8, 4) is 0 Å². The highest BCUT2D eigenvalue weighted by Crippen LogP contribution is 2.32. The van der Waals surface area contributed by atoms with Gasteiger partial charge in [-0.15, -0.1) is 11.3 Å². The summed E-state index contributed by atoms with van der Waals surface area (Å²) < 4.78 is 2.23. The van der Waals surface area contributed by atoms with Crippen LogP contribution in [0.2, 0.25) is 0 Å². The molecule has 114 valence electrons. The largest absolute Gasteiger partial charge is 0.335 e. The van der Waals surface area contributed by atoms with E-state index in [0.717, 1.165) is 25.2 Å². The van der Waals surface area contributed by atoms with Gasteiger partial charge in [0.2, 0.25) is 0 Å². The lowest BCUT2D eigenvalue weighted by Gasteiger charge is -2.11. The third-order valence-corrected chi connectivity index (χ3v) is 5.67. The Morgan fingerprint density at radius 1 is 1.33 bits per heavy atom. The third kappa shape index (κ3) is 3.38. The van der Waals surface area contributed by atoms with E-state index in [9.17, 15) is 0 Å². The molecule has 2 heterocycles. The maximum Gasteiger partial charge on any atom is 0.110 e. The third-order valence-electron chi connectivity index (χ3n) is 4.30. The number of aromatic nitrogens is 2. The lowest BCUT2D eigenvalue weighted by Crippen LogP contribution is -2.15. The number of fused-ring (bicyclic) bond motifs is 1. The number of thiophene rings is 1. The molecule has 2 aromatic heterocycles. The first-order valence-corrected chi connectivity index (χ1v) is 8.96. The zero-order chi connectivity index (χ0) is 14.7. The van der Waals surface area contributed by atoms with Gasteiger partial charge in [-0.1, -0.05) is 13.3 Å². The molecule has 0 saturated heterocycles. The average Bonchev–Trinajstić information content (AvgIpc) is 3.02. The summed E-state index contributed by atoms with van der Waals surface area (Å²) in [6.07, 6.45) is 12.5. The molecule has 0 aromatic carbocycles. The molecule has 1 unspecified atom stereocenters. The zero-order valence-corrected chi connectivity index (χ0v) is 13.7. The van der Waals surface area contributed by atoms with Gasteiger partial charge >= 0.3 is 0 Å². The van der Waals surface area contributed by atoms with E-state index in [1.165, 1.54) is 37.0 Å². The number of nitrogens with zero attached hydrogens (tertiary/aromatic N) is 2. The Morgan fingerprint density at radius 2 is 2.19 bits per heavy atom. The second kappa shape index (κ2) is 6.75. The van der Waals surface area contributed by atoms with Gasteiger partial charge < -0.3 is 10.3 Å². The predicted molar refractivity (Wildman–Crippen MR) is 88.7 cm³/mol. The zero-order valence-electron chi connectivity index (χ0n) is 12.8. The highest BCUT2D eigenvalue weighted by atomic mass is 32.1. The van der Waals surface area contributed by atoms with E-state index in [1.807, 2.05) is 17.5 Å². The van der Waals surface area contributed by atoms with Crippen LogP contribution in [0, 0.1) is 0 Å². The Morgan fingerprint density at radius 3 is 3.05 bits per heavy atom. The number of rotatable bonds is 5. The van der Waals surface area contributed by atoms with Crippen LogP contribution in [0.3, 0.4) is 0 Å². The highest BCUT2D eigenvalue weighted by molar-refractivity contribution is 7.12. The summed E-state index contributed by atoms with van der Waals surface area (Å²) in [7, 11) is 0. The van der Waals surface area contributed by atoms with E-state index < -0.39 is 0 Å². The van der Waals surface area contributed by atoms with E-state index in [0.29, 0.717) is 0 Å². The first kappa shape index (κ1) is 14.8. The van der Waals surface area contributed by atoms with Crippen LogP contribution in [0.25, 0.3) is 0 Å². The van der Waals surface area contributed by atoms with Gasteiger partial charge in [0.25, 0.3) is 0 Å². The average molecular weight is 303 g/mol.